The Bertz CT molecular complexity index is 945. The summed E-state index contributed by atoms with van der Waals surface area (Å²) in [5, 5.41) is 1.05. The highest BCUT2D eigenvalue weighted by Crippen LogP contribution is 2.30. The molecule has 112 valence electrons. The fourth-order valence-electron chi connectivity index (χ4n) is 2.35. The number of benzene rings is 2. The molecule has 0 fully saturated rings. The number of hydrogen-bond donors (Lipinski definition) is 0. The van der Waals surface area contributed by atoms with E-state index >= 15 is 0 Å². The zero-order chi connectivity index (χ0) is 15.6. The SMILES string of the molecule is Cc1ccc(C=Nc2ccc(-c3nc4ccccc4s3)cc2)s1. The smallest absolute Gasteiger partial charge is 0.124 e. The van der Waals surface area contributed by atoms with Gasteiger partial charge in [0.1, 0.15) is 5.01 Å². The Morgan fingerprint density at radius 3 is 2.48 bits per heavy atom. The molecule has 0 N–H and O–H groups in total. The van der Waals surface area contributed by atoms with Crippen LogP contribution in [0.15, 0.2) is 65.7 Å². The van der Waals surface area contributed by atoms with Crippen molar-refractivity contribution < 1.29 is 0 Å². The highest BCUT2D eigenvalue weighted by molar-refractivity contribution is 7.21. The Hall–Kier alpha value is -2.30. The van der Waals surface area contributed by atoms with Crippen molar-refractivity contribution in [3.8, 4) is 10.6 Å². The molecule has 2 aromatic carbocycles. The first-order valence-electron chi connectivity index (χ1n) is 7.34. The molecule has 0 spiro atoms. The summed E-state index contributed by atoms with van der Waals surface area (Å²) in [6.45, 7) is 2.11. The first kappa shape index (κ1) is 14.3. The van der Waals surface area contributed by atoms with E-state index in [9.17, 15) is 0 Å². The lowest BCUT2D eigenvalue weighted by molar-refractivity contribution is 1.46. The zero-order valence-electron chi connectivity index (χ0n) is 12.6. The Morgan fingerprint density at radius 1 is 0.913 bits per heavy atom. The van der Waals surface area contributed by atoms with Crippen molar-refractivity contribution in [3.05, 3.63) is 70.4 Å². The lowest BCUT2D eigenvalue weighted by Gasteiger charge is -1.97. The molecule has 0 radical (unpaired) electrons. The Labute approximate surface area is 142 Å². The number of nitrogens with zero attached hydrogens (tertiary/aromatic N) is 2. The van der Waals surface area contributed by atoms with Gasteiger partial charge in [-0.3, -0.25) is 4.99 Å². The molecule has 0 saturated carbocycles. The van der Waals surface area contributed by atoms with Crippen LogP contribution in [0.2, 0.25) is 0 Å². The Morgan fingerprint density at radius 2 is 1.74 bits per heavy atom. The largest absolute Gasteiger partial charge is 0.255 e. The van der Waals surface area contributed by atoms with Crippen LogP contribution in [0.5, 0.6) is 0 Å². The van der Waals surface area contributed by atoms with Gasteiger partial charge in [-0.2, -0.15) is 0 Å². The number of thiazole rings is 1. The van der Waals surface area contributed by atoms with Crippen molar-refractivity contribution in [2.45, 2.75) is 6.92 Å². The topological polar surface area (TPSA) is 25.2 Å². The number of aromatic nitrogens is 1. The molecule has 0 atom stereocenters. The van der Waals surface area contributed by atoms with E-state index in [4.69, 9.17) is 4.98 Å². The molecule has 4 heteroatoms. The third kappa shape index (κ3) is 3.09. The van der Waals surface area contributed by atoms with Crippen LogP contribution < -0.4 is 0 Å². The van der Waals surface area contributed by atoms with Crippen molar-refractivity contribution in [1.82, 2.24) is 4.98 Å². The van der Waals surface area contributed by atoms with Crippen LogP contribution in [0.25, 0.3) is 20.8 Å². The number of hydrogen-bond acceptors (Lipinski definition) is 4. The summed E-state index contributed by atoms with van der Waals surface area (Å²) in [4.78, 5) is 11.7. The van der Waals surface area contributed by atoms with Gasteiger partial charge in [0.05, 0.1) is 15.9 Å². The van der Waals surface area contributed by atoms with Gasteiger partial charge >= 0.3 is 0 Å². The maximum Gasteiger partial charge on any atom is 0.124 e. The normalized spacial score (nSPS) is 11.5. The number of aliphatic imine (C=N–C) groups is 1. The monoisotopic (exact) mass is 334 g/mol. The first-order chi connectivity index (χ1) is 11.3. The number of aryl methyl sites for hydroxylation is 1. The average molecular weight is 334 g/mol. The van der Waals surface area contributed by atoms with E-state index in [2.05, 4.69) is 48.3 Å². The standard InChI is InChI=1S/C19H14N2S2/c1-13-6-11-16(22-13)12-20-15-9-7-14(8-10-15)19-21-17-4-2-3-5-18(17)23-19/h2-12H,1H3. The van der Waals surface area contributed by atoms with E-state index in [1.165, 1.54) is 14.5 Å². The molecule has 0 saturated heterocycles. The summed E-state index contributed by atoms with van der Waals surface area (Å²) < 4.78 is 1.22. The summed E-state index contributed by atoms with van der Waals surface area (Å²) in [7, 11) is 0. The fourth-order valence-corrected chi connectivity index (χ4v) is 4.07. The average Bonchev–Trinajstić information content (AvgIpc) is 3.19. The maximum atomic E-state index is 4.69. The third-order valence-electron chi connectivity index (χ3n) is 3.51. The number of para-hydroxylation sites is 1. The van der Waals surface area contributed by atoms with Crippen LogP contribution >= 0.6 is 22.7 Å². The molecule has 0 amide bonds. The lowest BCUT2D eigenvalue weighted by atomic mass is 10.2. The highest BCUT2D eigenvalue weighted by atomic mass is 32.1. The summed E-state index contributed by atoms with van der Waals surface area (Å²) in [6, 6.07) is 20.7. The molecular formula is C19H14N2S2. The summed E-state index contributed by atoms with van der Waals surface area (Å²) >= 11 is 3.47. The van der Waals surface area contributed by atoms with Gasteiger partial charge in [-0.05, 0) is 55.5 Å². The minimum atomic E-state index is 0.959. The van der Waals surface area contributed by atoms with E-state index in [0.29, 0.717) is 0 Å². The molecule has 0 aliphatic heterocycles. The molecule has 0 unspecified atom stereocenters. The molecule has 2 aromatic heterocycles. The van der Waals surface area contributed by atoms with Crippen LogP contribution in [0, 0.1) is 6.92 Å². The predicted molar refractivity (Wildman–Crippen MR) is 101 cm³/mol. The van der Waals surface area contributed by atoms with Crippen molar-refractivity contribution in [2.24, 2.45) is 4.99 Å². The highest BCUT2D eigenvalue weighted by Gasteiger charge is 2.05. The van der Waals surface area contributed by atoms with Gasteiger partial charge in [-0.15, -0.1) is 22.7 Å². The summed E-state index contributed by atoms with van der Waals surface area (Å²) in [5.41, 5.74) is 3.15. The molecule has 0 aliphatic rings. The minimum absolute atomic E-state index is 0.959. The minimum Gasteiger partial charge on any atom is -0.255 e. The lowest BCUT2D eigenvalue weighted by Crippen LogP contribution is -1.76. The molecule has 2 heterocycles. The van der Waals surface area contributed by atoms with Crippen LogP contribution in [0.1, 0.15) is 9.75 Å². The van der Waals surface area contributed by atoms with E-state index in [0.717, 1.165) is 21.8 Å². The number of thiophene rings is 1. The molecule has 0 aliphatic carbocycles. The molecule has 0 bridgehead atoms. The quantitative estimate of drug-likeness (QED) is 0.417. The van der Waals surface area contributed by atoms with Crippen molar-refractivity contribution >= 4 is 44.8 Å². The van der Waals surface area contributed by atoms with Crippen molar-refractivity contribution in [2.75, 3.05) is 0 Å². The van der Waals surface area contributed by atoms with Gasteiger partial charge in [0.2, 0.25) is 0 Å². The number of fused-ring (bicyclic) bond motifs is 1. The second-order valence-electron chi connectivity index (χ2n) is 5.24. The van der Waals surface area contributed by atoms with Crippen LogP contribution in [-0.4, -0.2) is 11.2 Å². The summed E-state index contributed by atoms with van der Waals surface area (Å²) in [5.74, 6) is 0. The van der Waals surface area contributed by atoms with Gasteiger partial charge < -0.3 is 0 Å². The van der Waals surface area contributed by atoms with E-state index in [1.807, 2.05) is 30.5 Å². The predicted octanol–water partition coefficient (Wildman–Crippen LogP) is 6.08. The summed E-state index contributed by atoms with van der Waals surface area (Å²) in [6.07, 6.45) is 1.92. The van der Waals surface area contributed by atoms with Crippen molar-refractivity contribution in [3.63, 3.8) is 0 Å². The molecule has 4 rings (SSSR count). The van der Waals surface area contributed by atoms with E-state index in [-0.39, 0.29) is 0 Å². The second-order valence-corrected chi connectivity index (χ2v) is 7.59. The second kappa shape index (κ2) is 6.07. The van der Waals surface area contributed by atoms with Gasteiger partial charge in [0.25, 0.3) is 0 Å². The van der Waals surface area contributed by atoms with Gasteiger partial charge in [0.15, 0.2) is 0 Å². The Balaban J connectivity index is 1.58. The van der Waals surface area contributed by atoms with Gasteiger partial charge in [0, 0.05) is 21.5 Å². The fraction of sp³-hybridized carbons (Fsp3) is 0.0526. The van der Waals surface area contributed by atoms with E-state index < -0.39 is 0 Å². The molecular weight excluding hydrogens is 320 g/mol. The van der Waals surface area contributed by atoms with Gasteiger partial charge in [-0.25, -0.2) is 4.98 Å². The van der Waals surface area contributed by atoms with E-state index in [1.54, 1.807) is 22.7 Å². The van der Waals surface area contributed by atoms with Crippen LogP contribution in [0.4, 0.5) is 5.69 Å². The number of rotatable bonds is 3. The molecule has 2 nitrogen and oxygen atoms in total. The molecule has 23 heavy (non-hydrogen) atoms. The van der Waals surface area contributed by atoms with Crippen molar-refractivity contribution in [1.29, 1.82) is 0 Å². The van der Waals surface area contributed by atoms with Gasteiger partial charge in [-0.1, -0.05) is 12.1 Å². The van der Waals surface area contributed by atoms with Crippen LogP contribution in [0.3, 0.4) is 0 Å². The third-order valence-corrected chi connectivity index (χ3v) is 5.53. The first-order valence-corrected chi connectivity index (χ1v) is 8.98. The maximum absolute atomic E-state index is 4.69. The van der Waals surface area contributed by atoms with Crippen LogP contribution in [-0.2, 0) is 0 Å². The Kier molecular flexibility index (Phi) is 3.77. The molecule has 4 aromatic rings. The zero-order valence-corrected chi connectivity index (χ0v) is 14.2.